The summed E-state index contributed by atoms with van der Waals surface area (Å²) in [5.41, 5.74) is 0. The third-order valence-electron chi connectivity index (χ3n) is 8.19. The van der Waals surface area contributed by atoms with Crippen LogP contribution >= 0.6 is 11.6 Å². The summed E-state index contributed by atoms with van der Waals surface area (Å²) in [4.78, 5) is 26.3. The molecule has 0 rings (SSSR count). The quantitative estimate of drug-likeness (QED) is 0.0290. The van der Waals surface area contributed by atoms with E-state index >= 15 is 0 Å². The molecule has 0 aromatic heterocycles. The van der Waals surface area contributed by atoms with E-state index in [-0.39, 0.29) is 24.4 Å². The van der Waals surface area contributed by atoms with Gasteiger partial charge in [0.25, 0.3) is 0 Å². The number of ether oxygens (including phenoxy) is 2. The highest BCUT2D eigenvalue weighted by molar-refractivity contribution is 6.18. The number of unbranched alkanes of at least 4 members (excludes halogenated alkanes) is 22. The highest BCUT2D eigenvalue weighted by Crippen LogP contribution is 2.13. The van der Waals surface area contributed by atoms with Crippen LogP contribution < -0.4 is 0 Å². The van der Waals surface area contributed by atoms with Crippen molar-refractivity contribution in [2.45, 2.75) is 200 Å². The zero-order valence-corrected chi connectivity index (χ0v) is 33.3. The van der Waals surface area contributed by atoms with E-state index in [0.717, 1.165) is 51.4 Å². The highest BCUT2D eigenvalue weighted by atomic mass is 35.5. The maximum atomic E-state index is 12.2. The topological polar surface area (TPSA) is 55.8 Å². The van der Waals surface area contributed by atoms with E-state index in [1.807, 2.05) is 26.0 Å². The average molecular weight is 699 g/mol. The molecule has 0 aromatic rings. The molecule has 1 atom stereocenters. The standard InChI is InChI=1S/C39H71ClO4.C3H9N/c1-3-5-7-9-11-13-15-17-19-21-23-25-27-29-31-33-38(41)43-36-37(35-40)44-39(42)34-32-30-28-26-24-22-20-18-16-14-12-10-8-6-4-2;1-4(2)3/h17-20,37H,3-16,21-36H2,1-2H3;1-3H3/b19-17-,20-18-;. The lowest BCUT2D eigenvalue weighted by Crippen LogP contribution is -2.26. The molecule has 0 saturated heterocycles. The molecule has 6 heteroatoms. The van der Waals surface area contributed by atoms with E-state index in [1.165, 1.54) is 116 Å². The Bertz CT molecular complexity index is 722. The lowest BCUT2D eigenvalue weighted by molar-refractivity contribution is -0.157. The van der Waals surface area contributed by atoms with Gasteiger partial charge in [-0.05, 0) is 85.4 Å². The number of allylic oxidation sites excluding steroid dienone is 4. The Kier molecular flexibility index (Phi) is 42.5. The first-order chi connectivity index (χ1) is 23.4. The Labute approximate surface area is 304 Å². The summed E-state index contributed by atoms with van der Waals surface area (Å²) in [6.07, 6.45) is 41.5. The fourth-order valence-corrected chi connectivity index (χ4v) is 5.45. The molecule has 0 aliphatic carbocycles. The van der Waals surface area contributed by atoms with Gasteiger partial charge in [0.2, 0.25) is 0 Å². The smallest absolute Gasteiger partial charge is 0.306 e. The minimum atomic E-state index is -0.564. The average Bonchev–Trinajstić information content (AvgIpc) is 3.06. The number of hydrogen-bond donors (Lipinski definition) is 0. The molecule has 1 unspecified atom stereocenters. The van der Waals surface area contributed by atoms with Crippen LogP contribution in [-0.2, 0) is 19.1 Å². The lowest BCUT2D eigenvalue weighted by atomic mass is 10.1. The molecule has 0 heterocycles. The molecule has 0 N–H and O–H groups in total. The van der Waals surface area contributed by atoms with Gasteiger partial charge >= 0.3 is 11.9 Å². The van der Waals surface area contributed by atoms with Crippen LogP contribution in [0, 0.1) is 0 Å². The third kappa shape index (κ3) is 44.7. The van der Waals surface area contributed by atoms with Gasteiger partial charge in [-0.2, -0.15) is 0 Å². The largest absolute Gasteiger partial charge is 0.462 e. The number of hydrogen-bond acceptors (Lipinski definition) is 5. The number of halogens is 1. The van der Waals surface area contributed by atoms with Gasteiger partial charge in [0.1, 0.15) is 12.7 Å². The van der Waals surface area contributed by atoms with Crippen LogP contribution in [0.4, 0.5) is 0 Å². The van der Waals surface area contributed by atoms with Crippen LogP contribution in [0.1, 0.15) is 194 Å². The number of esters is 2. The molecule has 0 amide bonds. The van der Waals surface area contributed by atoms with Crippen molar-refractivity contribution >= 4 is 23.5 Å². The highest BCUT2D eigenvalue weighted by Gasteiger charge is 2.16. The normalized spacial score (nSPS) is 12.1. The molecular formula is C42H80ClNO4. The summed E-state index contributed by atoms with van der Waals surface area (Å²) >= 11 is 5.96. The van der Waals surface area contributed by atoms with Crippen molar-refractivity contribution in [3.8, 4) is 0 Å². The van der Waals surface area contributed by atoms with Gasteiger partial charge in [0.15, 0.2) is 0 Å². The Morgan fingerprint density at radius 1 is 0.521 bits per heavy atom. The summed E-state index contributed by atoms with van der Waals surface area (Å²) in [5.74, 6) is -0.341. The maximum absolute atomic E-state index is 12.2. The lowest BCUT2D eigenvalue weighted by Gasteiger charge is -2.15. The van der Waals surface area contributed by atoms with Crippen LogP contribution in [-0.4, -0.2) is 56.6 Å². The molecule has 0 aromatic carbocycles. The third-order valence-corrected chi connectivity index (χ3v) is 8.53. The second-order valence-electron chi connectivity index (χ2n) is 14.0. The number of carbonyl (C=O) groups is 2. The predicted octanol–water partition coefficient (Wildman–Crippen LogP) is 12.9. The molecule has 284 valence electrons. The minimum absolute atomic E-state index is 0.0471. The van der Waals surface area contributed by atoms with Crippen molar-refractivity contribution in [3.63, 3.8) is 0 Å². The first-order valence-electron chi connectivity index (χ1n) is 20.2. The number of nitrogens with zero attached hydrogens (tertiary/aromatic N) is 1. The van der Waals surface area contributed by atoms with Gasteiger partial charge in [0.05, 0.1) is 5.88 Å². The minimum Gasteiger partial charge on any atom is -0.462 e. The number of alkyl halides is 1. The van der Waals surface area contributed by atoms with Crippen molar-refractivity contribution in [1.29, 1.82) is 0 Å². The van der Waals surface area contributed by atoms with Crippen molar-refractivity contribution in [2.75, 3.05) is 33.6 Å². The molecule has 0 bridgehead atoms. The molecular weight excluding hydrogens is 618 g/mol. The summed E-state index contributed by atoms with van der Waals surface area (Å²) in [6.45, 7) is 4.57. The number of rotatable bonds is 34. The second-order valence-corrected chi connectivity index (χ2v) is 14.3. The zero-order valence-electron chi connectivity index (χ0n) is 32.6. The first kappa shape index (κ1) is 48.8. The molecule has 5 nitrogen and oxygen atoms in total. The van der Waals surface area contributed by atoms with E-state index in [9.17, 15) is 9.59 Å². The van der Waals surface area contributed by atoms with E-state index < -0.39 is 6.10 Å². The Hall–Kier alpha value is -1.33. The van der Waals surface area contributed by atoms with Gasteiger partial charge in [-0.25, -0.2) is 0 Å². The van der Waals surface area contributed by atoms with Crippen molar-refractivity contribution in [2.24, 2.45) is 0 Å². The predicted molar refractivity (Wildman–Crippen MR) is 210 cm³/mol. The molecule has 0 aliphatic rings. The van der Waals surface area contributed by atoms with Gasteiger partial charge < -0.3 is 14.4 Å². The molecule has 0 spiro atoms. The van der Waals surface area contributed by atoms with E-state index in [1.54, 1.807) is 0 Å². The monoisotopic (exact) mass is 698 g/mol. The summed E-state index contributed by atoms with van der Waals surface area (Å²) in [6, 6.07) is 0. The molecule has 0 fully saturated rings. The van der Waals surface area contributed by atoms with Crippen LogP contribution in [0.3, 0.4) is 0 Å². The SMILES string of the molecule is CCCCCCCC/C=C\CCCCCCCC(=O)OCC(CCl)OC(=O)CCCCCCC/C=C\CCCCCCCC.CN(C)C. The fraction of sp³-hybridized carbons (Fsp3) is 0.857. The van der Waals surface area contributed by atoms with Gasteiger partial charge in [-0.15, -0.1) is 11.6 Å². The molecule has 0 radical (unpaired) electrons. The van der Waals surface area contributed by atoms with E-state index in [0.29, 0.717) is 12.8 Å². The van der Waals surface area contributed by atoms with Crippen LogP contribution in [0.5, 0.6) is 0 Å². The first-order valence-corrected chi connectivity index (χ1v) is 20.7. The molecule has 0 saturated carbocycles. The van der Waals surface area contributed by atoms with Gasteiger partial charge in [-0.3, -0.25) is 9.59 Å². The molecule has 48 heavy (non-hydrogen) atoms. The van der Waals surface area contributed by atoms with Gasteiger partial charge in [0, 0.05) is 12.8 Å². The summed E-state index contributed by atoms with van der Waals surface area (Å²) < 4.78 is 10.8. The van der Waals surface area contributed by atoms with Crippen LogP contribution in [0.15, 0.2) is 24.3 Å². The van der Waals surface area contributed by atoms with Crippen molar-refractivity contribution < 1.29 is 19.1 Å². The van der Waals surface area contributed by atoms with E-state index in [4.69, 9.17) is 21.1 Å². The Morgan fingerprint density at radius 2 is 0.833 bits per heavy atom. The van der Waals surface area contributed by atoms with Crippen molar-refractivity contribution in [1.82, 2.24) is 4.90 Å². The fourth-order valence-electron chi connectivity index (χ4n) is 5.29. The second kappa shape index (κ2) is 41.8. The zero-order chi connectivity index (χ0) is 35.8. The Balaban J connectivity index is 0. The van der Waals surface area contributed by atoms with E-state index in [2.05, 4.69) is 38.2 Å². The van der Waals surface area contributed by atoms with Gasteiger partial charge in [-0.1, -0.05) is 141 Å². The summed E-state index contributed by atoms with van der Waals surface area (Å²) in [7, 11) is 6.00. The van der Waals surface area contributed by atoms with Crippen LogP contribution in [0.2, 0.25) is 0 Å². The van der Waals surface area contributed by atoms with Crippen molar-refractivity contribution in [3.05, 3.63) is 24.3 Å². The Morgan fingerprint density at radius 3 is 1.19 bits per heavy atom. The molecule has 0 aliphatic heterocycles. The summed E-state index contributed by atoms with van der Waals surface area (Å²) in [5, 5.41) is 0. The number of carbonyl (C=O) groups excluding carboxylic acids is 2. The van der Waals surface area contributed by atoms with Crippen LogP contribution in [0.25, 0.3) is 0 Å². The maximum Gasteiger partial charge on any atom is 0.306 e.